The van der Waals surface area contributed by atoms with Gasteiger partial charge in [-0.3, -0.25) is 9.59 Å². The molecule has 0 unspecified atom stereocenters. The second-order valence-corrected chi connectivity index (χ2v) is 5.15. The van der Waals surface area contributed by atoms with E-state index in [4.69, 9.17) is 5.73 Å². The number of nitrogens with two attached hydrogens (primary N) is 1. The molecule has 2 rings (SSSR count). The molecule has 0 spiro atoms. The maximum Gasteiger partial charge on any atom is 0.239 e. The quantitative estimate of drug-likeness (QED) is 0.767. The van der Waals surface area contributed by atoms with E-state index < -0.39 is 11.9 Å². The highest BCUT2D eigenvalue weighted by molar-refractivity contribution is 6.00. The van der Waals surface area contributed by atoms with Crippen LogP contribution in [0.1, 0.15) is 26.7 Å². The number of fused-ring (bicyclic) bond motifs is 1. The average molecular weight is 299 g/mol. The van der Waals surface area contributed by atoms with Gasteiger partial charge in [0.05, 0.1) is 11.4 Å². The molecule has 2 aromatic carbocycles. The van der Waals surface area contributed by atoms with Gasteiger partial charge in [-0.25, -0.2) is 0 Å². The zero-order valence-electron chi connectivity index (χ0n) is 12.8. The molecule has 0 fully saturated rings. The summed E-state index contributed by atoms with van der Waals surface area (Å²) in [5.74, 6) is -0.492. The summed E-state index contributed by atoms with van der Waals surface area (Å²) in [5.41, 5.74) is 6.75. The first kappa shape index (κ1) is 15.8. The molecule has 0 aromatic heterocycles. The molecule has 0 bridgehead atoms. The molecule has 1 atom stereocenters. The number of hydrogen-bond acceptors (Lipinski definition) is 3. The van der Waals surface area contributed by atoms with Crippen molar-refractivity contribution in [3.8, 4) is 0 Å². The van der Waals surface area contributed by atoms with Gasteiger partial charge >= 0.3 is 0 Å². The Bertz CT molecular complexity index is 697. The van der Waals surface area contributed by atoms with Crippen LogP contribution in [0.4, 0.5) is 11.4 Å². The molecule has 0 saturated heterocycles. The van der Waals surface area contributed by atoms with Crippen LogP contribution in [0.2, 0.25) is 0 Å². The summed E-state index contributed by atoms with van der Waals surface area (Å²) < 4.78 is 0. The maximum absolute atomic E-state index is 11.7. The predicted molar refractivity (Wildman–Crippen MR) is 89.8 cm³/mol. The predicted octanol–water partition coefficient (Wildman–Crippen LogP) is 2.86. The normalized spacial score (nSPS) is 11.9. The number of anilines is 2. The summed E-state index contributed by atoms with van der Waals surface area (Å²) in [6.07, 6.45) is 0.961. The van der Waals surface area contributed by atoms with Crippen molar-refractivity contribution in [3.63, 3.8) is 0 Å². The largest absolute Gasteiger partial charge is 0.372 e. The lowest BCUT2D eigenvalue weighted by molar-refractivity contribution is -0.118. The molecule has 0 aliphatic carbocycles. The number of primary amides is 1. The SMILES string of the molecule is CCC(=O)Nc1cc2ccccc2cc1N[C@@H](CC)C(N)=O. The fraction of sp³-hybridized carbons (Fsp3) is 0.294. The van der Waals surface area contributed by atoms with Crippen molar-refractivity contribution >= 4 is 34.0 Å². The van der Waals surface area contributed by atoms with Gasteiger partial charge in [0, 0.05) is 6.42 Å². The number of hydrogen-bond donors (Lipinski definition) is 3. The lowest BCUT2D eigenvalue weighted by atomic mass is 10.1. The van der Waals surface area contributed by atoms with Crippen LogP contribution in [0.5, 0.6) is 0 Å². The summed E-state index contributed by atoms with van der Waals surface area (Å²) in [5, 5.41) is 8.04. The van der Waals surface area contributed by atoms with Gasteiger partial charge in [-0.05, 0) is 29.3 Å². The fourth-order valence-electron chi connectivity index (χ4n) is 2.26. The summed E-state index contributed by atoms with van der Waals surface area (Å²) in [7, 11) is 0. The molecule has 4 N–H and O–H groups in total. The molecular formula is C17H21N3O2. The smallest absolute Gasteiger partial charge is 0.239 e. The summed E-state index contributed by atoms with van der Waals surface area (Å²) in [4.78, 5) is 23.2. The number of carbonyl (C=O) groups is 2. The number of carbonyl (C=O) groups excluding carboxylic acids is 2. The van der Waals surface area contributed by atoms with E-state index in [2.05, 4.69) is 10.6 Å². The minimum Gasteiger partial charge on any atom is -0.372 e. The van der Waals surface area contributed by atoms with Gasteiger partial charge in [-0.2, -0.15) is 0 Å². The van der Waals surface area contributed by atoms with Crippen LogP contribution in [0.25, 0.3) is 10.8 Å². The highest BCUT2D eigenvalue weighted by atomic mass is 16.2. The molecule has 0 aliphatic heterocycles. The standard InChI is InChI=1S/C17H21N3O2/c1-3-13(17(18)22)19-14-9-11-7-5-6-8-12(11)10-15(14)20-16(21)4-2/h5-10,13,19H,3-4H2,1-2H3,(H2,18,22)(H,20,21)/t13-/m0/s1. The van der Waals surface area contributed by atoms with Crippen LogP contribution in [-0.4, -0.2) is 17.9 Å². The molecule has 116 valence electrons. The molecular weight excluding hydrogens is 278 g/mol. The topological polar surface area (TPSA) is 84.2 Å². The first-order valence-electron chi connectivity index (χ1n) is 7.43. The summed E-state index contributed by atoms with van der Waals surface area (Å²) in [6.45, 7) is 3.68. The minimum absolute atomic E-state index is 0.0783. The lowest BCUT2D eigenvalue weighted by Gasteiger charge is -2.19. The molecule has 5 nitrogen and oxygen atoms in total. The van der Waals surface area contributed by atoms with E-state index in [1.54, 1.807) is 6.92 Å². The van der Waals surface area contributed by atoms with Crippen molar-refractivity contribution in [3.05, 3.63) is 36.4 Å². The van der Waals surface area contributed by atoms with Crippen LogP contribution >= 0.6 is 0 Å². The zero-order chi connectivity index (χ0) is 16.1. The third-order valence-electron chi connectivity index (χ3n) is 3.56. The van der Waals surface area contributed by atoms with Crippen molar-refractivity contribution < 1.29 is 9.59 Å². The molecule has 2 amide bonds. The third-order valence-corrected chi connectivity index (χ3v) is 3.56. The van der Waals surface area contributed by atoms with E-state index in [-0.39, 0.29) is 5.91 Å². The van der Waals surface area contributed by atoms with Gasteiger partial charge < -0.3 is 16.4 Å². The summed E-state index contributed by atoms with van der Waals surface area (Å²) >= 11 is 0. The molecule has 22 heavy (non-hydrogen) atoms. The van der Waals surface area contributed by atoms with Gasteiger partial charge in [0.25, 0.3) is 0 Å². The Morgan fingerprint density at radius 3 is 2.18 bits per heavy atom. The van der Waals surface area contributed by atoms with Crippen molar-refractivity contribution in [1.82, 2.24) is 0 Å². The highest BCUT2D eigenvalue weighted by Crippen LogP contribution is 2.29. The monoisotopic (exact) mass is 299 g/mol. The Hall–Kier alpha value is -2.56. The van der Waals surface area contributed by atoms with Gasteiger partial charge in [-0.1, -0.05) is 38.1 Å². The number of rotatable bonds is 6. The van der Waals surface area contributed by atoms with Crippen molar-refractivity contribution in [1.29, 1.82) is 0 Å². The van der Waals surface area contributed by atoms with Crippen LogP contribution in [0.15, 0.2) is 36.4 Å². The Morgan fingerprint density at radius 2 is 1.68 bits per heavy atom. The lowest BCUT2D eigenvalue weighted by Crippen LogP contribution is -2.35. The summed E-state index contributed by atoms with van der Waals surface area (Å²) in [6, 6.07) is 11.2. The van der Waals surface area contributed by atoms with Gasteiger partial charge in [0.2, 0.25) is 11.8 Å². The Balaban J connectivity index is 2.45. The van der Waals surface area contributed by atoms with Crippen molar-refractivity contribution in [2.75, 3.05) is 10.6 Å². The van der Waals surface area contributed by atoms with E-state index in [9.17, 15) is 9.59 Å². The fourth-order valence-corrected chi connectivity index (χ4v) is 2.26. The van der Waals surface area contributed by atoms with E-state index in [1.807, 2.05) is 43.3 Å². The highest BCUT2D eigenvalue weighted by Gasteiger charge is 2.15. The van der Waals surface area contributed by atoms with Crippen LogP contribution in [0, 0.1) is 0 Å². The molecule has 0 heterocycles. The van der Waals surface area contributed by atoms with Crippen molar-refractivity contribution in [2.45, 2.75) is 32.7 Å². The van der Waals surface area contributed by atoms with Crippen LogP contribution in [-0.2, 0) is 9.59 Å². The molecule has 2 aromatic rings. The van der Waals surface area contributed by atoms with E-state index in [0.29, 0.717) is 24.2 Å². The molecule has 0 saturated carbocycles. The second-order valence-electron chi connectivity index (χ2n) is 5.15. The van der Waals surface area contributed by atoms with Gasteiger partial charge in [0.15, 0.2) is 0 Å². The van der Waals surface area contributed by atoms with E-state index >= 15 is 0 Å². The van der Waals surface area contributed by atoms with Crippen LogP contribution in [0.3, 0.4) is 0 Å². The van der Waals surface area contributed by atoms with Gasteiger partial charge in [-0.15, -0.1) is 0 Å². The molecule has 0 aliphatic rings. The first-order chi connectivity index (χ1) is 10.5. The first-order valence-corrected chi connectivity index (χ1v) is 7.43. The zero-order valence-corrected chi connectivity index (χ0v) is 12.8. The molecule has 5 heteroatoms. The van der Waals surface area contributed by atoms with Crippen LogP contribution < -0.4 is 16.4 Å². The van der Waals surface area contributed by atoms with Crippen molar-refractivity contribution in [2.24, 2.45) is 5.73 Å². The Kier molecular flexibility index (Phi) is 4.99. The Labute approximate surface area is 129 Å². The number of nitrogens with one attached hydrogen (secondary N) is 2. The van der Waals surface area contributed by atoms with E-state index in [1.165, 1.54) is 0 Å². The second kappa shape index (κ2) is 6.93. The van der Waals surface area contributed by atoms with Gasteiger partial charge in [0.1, 0.15) is 6.04 Å². The Morgan fingerprint density at radius 1 is 1.09 bits per heavy atom. The maximum atomic E-state index is 11.7. The third kappa shape index (κ3) is 3.55. The molecule has 0 radical (unpaired) electrons. The average Bonchev–Trinajstić information content (AvgIpc) is 2.52. The van der Waals surface area contributed by atoms with E-state index in [0.717, 1.165) is 10.8 Å². The number of amides is 2. The number of benzene rings is 2. The minimum atomic E-state index is -0.474.